The first-order chi connectivity index (χ1) is 13.0. The highest BCUT2D eigenvalue weighted by molar-refractivity contribution is 5.77. The molecule has 1 heterocycles. The van der Waals surface area contributed by atoms with Crippen LogP contribution >= 0.6 is 0 Å². The van der Waals surface area contributed by atoms with Crippen LogP contribution in [0.1, 0.15) is 20.8 Å². The maximum absolute atomic E-state index is 14.1. The number of hydrogen-bond acceptors (Lipinski definition) is 5. The van der Waals surface area contributed by atoms with Crippen molar-refractivity contribution >= 4 is 17.0 Å². The molecule has 142 valence electrons. The molecule has 0 unspecified atom stereocenters. The lowest BCUT2D eigenvalue weighted by Gasteiger charge is -2.13. The number of hydrogen-bond donors (Lipinski definition) is 1. The van der Waals surface area contributed by atoms with Crippen molar-refractivity contribution in [3.63, 3.8) is 0 Å². The topological polar surface area (TPSA) is 73.6 Å². The maximum Gasteiger partial charge on any atom is 0.227 e. The third kappa shape index (κ3) is 4.55. The maximum atomic E-state index is 14.1. The van der Waals surface area contributed by atoms with Gasteiger partial charge in [0.25, 0.3) is 0 Å². The first kappa shape index (κ1) is 18.7. The summed E-state index contributed by atoms with van der Waals surface area (Å²) in [5.74, 6) is 0.536. The summed E-state index contributed by atoms with van der Waals surface area (Å²) in [4.78, 5) is 15.4. The lowest BCUT2D eigenvalue weighted by atomic mass is 10.2. The summed E-state index contributed by atoms with van der Waals surface area (Å²) >= 11 is 0. The molecule has 0 saturated heterocycles. The monoisotopic (exact) mass is 372 g/mol. The highest BCUT2D eigenvalue weighted by Crippen LogP contribution is 2.29. The fourth-order valence-electron chi connectivity index (χ4n) is 2.63. The van der Waals surface area contributed by atoms with Gasteiger partial charge in [0.05, 0.1) is 12.6 Å². The van der Waals surface area contributed by atoms with E-state index in [9.17, 15) is 9.18 Å². The van der Waals surface area contributed by atoms with Gasteiger partial charge >= 0.3 is 0 Å². The van der Waals surface area contributed by atoms with Gasteiger partial charge in [0, 0.05) is 18.6 Å². The molecule has 1 aromatic heterocycles. The van der Waals surface area contributed by atoms with E-state index in [1.165, 1.54) is 13.0 Å². The first-order valence-electron chi connectivity index (χ1n) is 8.69. The molecule has 1 amide bonds. The molecule has 0 radical (unpaired) electrons. The van der Waals surface area contributed by atoms with Crippen molar-refractivity contribution in [3.8, 4) is 23.0 Å². The Hall–Kier alpha value is -3.09. The Kier molecular flexibility index (Phi) is 5.59. The molecule has 1 atom stereocenters. The third-order valence-corrected chi connectivity index (χ3v) is 3.79. The molecular weight excluding hydrogens is 351 g/mol. The summed E-state index contributed by atoms with van der Waals surface area (Å²) in [5.41, 5.74) is 1.69. The van der Waals surface area contributed by atoms with E-state index >= 15 is 0 Å². The number of amides is 1. The van der Waals surface area contributed by atoms with E-state index in [2.05, 4.69) is 10.3 Å². The Morgan fingerprint density at radius 1 is 1.26 bits per heavy atom. The van der Waals surface area contributed by atoms with Gasteiger partial charge in [-0.15, -0.1) is 0 Å². The Bertz CT molecular complexity index is 954. The lowest BCUT2D eigenvalue weighted by Crippen LogP contribution is -2.35. The number of aromatic nitrogens is 1. The quantitative estimate of drug-likeness (QED) is 0.680. The zero-order valence-corrected chi connectivity index (χ0v) is 15.4. The van der Waals surface area contributed by atoms with Crippen molar-refractivity contribution in [1.82, 2.24) is 10.3 Å². The van der Waals surface area contributed by atoms with Gasteiger partial charge < -0.3 is 19.2 Å². The van der Waals surface area contributed by atoms with E-state index in [0.717, 1.165) is 0 Å². The molecule has 7 heteroatoms. The summed E-state index contributed by atoms with van der Waals surface area (Å²) in [6, 6.07) is 9.74. The van der Waals surface area contributed by atoms with Crippen molar-refractivity contribution in [2.24, 2.45) is 0 Å². The van der Waals surface area contributed by atoms with Crippen molar-refractivity contribution in [3.05, 3.63) is 42.2 Å². The van der Waals surface area contributed by atoms with E-state index < -0.39 is 5.82 Å². The van der Waals surface area contributed by atoms with E-state index in [1.54, 1.807) is 37.3 Å². The van der Waals surface area contributed by atoms with Crippen LogP contribution in [0.2, 0.25) is 0 Å². The van der Waals surface area contributed by atoms with Crippen LogP contribution in [0.25, 0.3) is 22.6 Å². The second-order valence-electron chi connectivity index (χ2n) is 6.14. The molecule has 0 aliphatic rings. The molecular formula is C20H21FN2O4. The molecule has 0 aliphatic heterocycles. The van der Waals surface area contributed by atoms with Crippen molar-refractivity contribution in [2.45, 2.75) is 26.8 Å². The number of halogens is 1. The second kappa shape index (κ2) is 8.07. The van der Waals surface area contributed by atoms with E-state index in [-0.39, 0.29) is 17.7 Å². The van der Waals surface area contributed by atoms with Crippen LogP contribution in [0.5, 0.6) is 11.5 Å². The van der Waals surface area contributed by atoms with Crippen LogP contribution in [-0.2, 0) is 4.79 Å². The van der Waals surface area contributed by atoms with E-state index in [1.807, 2.05) is 6.92 Å². The predicted octanol–water partition coefficient (Wildman–Crippen LogP) is 3.94. The highest BCUT2D eigenvalue weighted by atomic mass is 19.1. The second-order valence-corrected chi connectivity index (χ2v) is 6.14. The average Bonchev–Trinajstić information content (AvgIpc) is 3.04. The van der Waals surface area contributed by atoms with Crippen molar-refractivity contribution < 1.29 is 23.1 Å². The van der Waals surface area contributed by atoms with Crippen molar-refractivity contribution in [2.75, 3.05) is 13.2 Å². The highest BCUT2D eigenvalue weighted by Gasteiger charge is 2.13. The van der Waals surface area contributed by atoms with Crippen LogP contribution < -0.4 is 14.8 Å². The Morgan fingerprint density at radius 3 is 2.78 bits per heavy atom. The number of benzene rings is 2. The molecule has 0 aliphatic carbocycles. The number of nitrogens with zero attached hydrogens (tertiary/aromatic N) is 1. The Morgan fingerprint density at radius 2 is 2.07 bits per heavy atom. The zero-order chi connectivity index (χ0) is 19.4. The summed E-state index contributed by atoms with van der Waals surface area (Å²) in [6.07, 6.45) is 0. The van der Waals surface area contributed by atoms with E-state index in [0.29, 0.717) is 41.5 Å². The number of ether oxygens (including phenoxy) is 2. The van der Waals surface area contributed by atoms with Crippen molar-refractivity contribution in [1.29, 1.82) is 0 Å². The molecule has 0 bridgehead atoms. The van der Waals surface area contributed by atoms with Gasteiger partial charge in [0.2, 0.25) is 11.8 Å². The van der Waals surface area contributed by atoms with Gasteiger partial charge in [0.15, 0.2) is 17.1 Å². The largest absolute Gasteiger partial charge is 0.491 e. The summed E-state index contributed by atoms with van der Waals surface area (Å²) < 4.78 is 30.7. The molecule has 1 N–H and O–H groups in total. The molecule has 0 saturated carbocycles. The van der Waals surface area contributed by atoms with Crippen LogP contribution in [0.15, 0.2) is 40.8 Å². The fraction of sp³-hybridized carbons (Fsp3) is 0.300. The Labute approximate surface area is 156 Å². The molecule has 6 nitrogen and oxygen atoms in total. The zero-order valence-electron chi connectivity index (χ0n) is 15.4. The summed E-state index contributed by atoms with van der Waals surface area (Å²) in [7, 11) is 0. The number of rotatable bonds is 7. The Balaban J connectivity index is 1.77. The minimum atomic E-state index is -0.465. The molecule has 3 aromatic rings. The fourth-order valence-corrected chi connectivity index (χ4v) is 2.63. The van der Waals surface area contributed by atoms with Gasteiger partial charge in [-0.05, 0) is 44.2 Å². The molecule has 0 fully saturated rings. The SMILES string of the molecule is CCOc1ccc(-c2nc3ccc(OC[C@H](C)NC(C)=O)cc3o2)cc1F. The third-order valence-electron chi connectivity index (χ3n) is 3.79. The van der Waals surface area contributed by atoms with Crippen LogP contribution in [0, 0.1) is 5.82 Å². The molecule has 27 heavy (non-hydrogen) atoms. The van der Waals surface area contributed by atoms with Crippen LogP contribution in [0.3, 0.4) is 0 Å². The molecule has 3 rings (SSSR count). The smallest absolute Gasteiger partial charge is 0.227 e. The standard InChI is InChI=1S/C20H21FN2O4/c1-4-25-18-8-5-14(9-16(18)21)20-23-17-7-6-15(10-19(17)27-20)26-11-12(2)22-13(3)24/h5-10,12H,4,11H2,1-3H3,(H,22,24)/t12-/m0/s1. The summed E-state index contributed by atoms with van der Waals surface area (Å²) in [6.45, 7) is 5.83. The van der Waals surface area contributed by atoms with Gasteiger partial charge in [-0.3, -0.25) is 4.79 Å². The lowest BCUT2D eigenvalue weighted by molar-refractivity contribution is -0.119. The molecule has 2 aromatic carbocycles. The van der Waals surface area contributed by atoms with Gasteiger partial charge in [-0.2, -0.15) is 0 Å². The average molecular weight is 372 g/mol. The summed E-state index contributed by atoms with van der Waals surface area (Å²) in [5, 5.41) is 2.75. The number of carbonyl (C=O) groups is 1. The van der Waals surface area contributed by atoms with Crippen LogP contribution in [-0.4, -0.2) is 30.1 Å². The number of oxazole rings is 1. The number of nitrogens with one attached hydrogen (secondary N) is 1. The molecule has 0 spiro atoms. The van der Waals surface area contributed by atoms with Gasteiger partial charge in [-0.1, -0.05) is 0 Å². The minimum absolute atomic E-state index is 0.107. The van der Waals surface area contributed by atoms with Gasteiger partial charge in [0.1, 0.15) is 17.9 Å². The number of carbonyl (C=O) groups excluding carboxylic acids is 1. The minimum Gasteiger partial charge on any atom is -0.491 e. The van der Waals surface area contributed by atoms with Crippen LogP contribution in [0.4, 0.5) is 4.39 Å². The normalized spacial score (nSPS) is 12.0. The first-order valence-corrected chi connectivity index (χ1v) is 8.69. The number of fused-ring (bicyclic) bond motifs is 1. The van der Waals surface area contributed by atoms with E-state index in [4.69, 9.17) is 13.9 Å². The van der Waals surface area contributed by atoms with Gasteiger partial charge in [-0.25, -0.2) is 9.37 Å². The predicted molar refractivity (Wildman–Crippen MR) is 99.3 cm³/mol.